The van der Waals surface area contributed by atoms with Crippen molar-refractivity contribution in [3.05, 3.63) is 47.7 Å². The highest BCUT2D eigenvalue weighted by Gasteiger charge is 2.63. The molecule has 5 heteroatoms. The zero-order valence-corrected chi connectivity index (χ0v) is 15.0. The molecule has 4 heterocycles. The van der Waals surface area contributed by atoms with Gasteiger partial charge in [0.15, 0.2) is 0 Å². The smallest absolute Gasteiger partial charge is 0.320 e. The number of carbonyl (C=O) groups excluding carboxylic acids is 2. The predicted octanol–water partition coefficient (Wildman–Crippen LogP) is 2.70. The van der Waals surface area contributed by atoms with Crippen molar-refractivity contribution in [2.45, 2.75) is 37.6 Å². The van der Waals surface area contributed by atoms with Crippen LogP contribution in [-0.4, -0.2) is 41.5 Å². The molecule has 1 aromatic carbocycles. The Balaban J connectivity index is 1.87. The van der Waals surface area contributed by atoms with Crippen molar-refractivity contribution < 1.29 is 14.3 Å². The second-order valence-electron chi connectivity index (χ2n) is 7.88. The van der Waals surface area contributed by atoms with E-state index in [1.807, 2.05) is 29.2 Å². The summed E-state index contributed by atoms with van der Waals surface area (Å²) in [4.78, 5) is 31.8. The van der Waals surface area contributed by atoms with E-state index in [-0.39, 0.29) is 23.3 Å². The molecule has 1 aliphatic carbocycles. The molecule has 6 rings (SSSR count). The Morgan fingerprint density at radius 3 is 2.96 bits per heavy atom. The van der Waals surface area contributed by atoms with Crippen molar-refractivity contribution in [3.63, 3.8) is 0 Å². The lowest BCUT2D eigenvalue weighted by Crippen LogP contribution is -2.66. The van der Waals surface area contributed by atoms with Gasteiger partial charge in [0, 0.05) is 28.6 Å². The van der Waals surface area contributed by atoms with E-state index < -0.39 is 5.41 Å². The fraction of sp³-hybridized carbons (Fsp3) is 0.429. The first-order valence-electron chi connectivity index (χ1n) is 9.22. The zero-order chi connectivity index (χ0) is 18.1. The maximum atomic E-state index is 13.2. The molecule has 1 N–H and O–H groups in total. The summed E-state index contributed by atoms with van der Waals surface area (Å²) in [7, 11) is 1.45. The molecule has 1 fully saturated rings. The third kappa shape index (κ3) is 1.71. The van der Waals surface area contributed by atoms with Gasteiger partial charge in [0.25, 0.3) is 0 Å². The van der Waals surface area contributed by atoms with Gasteiger partial charge in [-0.15, -0.1) is 0 Å². The Morgan fingerprint density at radius 2 is 2.19 bits per heavy atom. The molecule has 5 nitrogen and oxygen atoms in total. The van der Waals surface area contributed by atoms with Gasteiger partial charge < -0.3 is 14.6 Å². The number of aromatic amines is 1. The number of H-pyrrole nitrogens is 1. The molecular formula is C21H22N2O3. The Kier molecular flexibility index (Phi) is 3.01. The molecule has 2 aromatic rings. The van der Waals surface area contributed by atoms with E-state index in [4.69, 9.17) is 4.74 Å². The van der Waals surface area contributed by atoms with Gasteiger partial charge in [0.05, 0.1) is 19.6 Å². The minimum atomic E-state index is -0.863. The van der Waals surface area contributed by atoms with Crippen LogP contribution >= 0.6 is 0 Å². The van der Waals surface area contributed by atoms with Gasteiger partial charge in [-0.1, -0.05) is 37.3 Å². The molecule has 0 radical (unpaired) electrons. The van der Waals surface area contributed by atoms with E-state index in [9.17, 15) is 9.59 Å². The van der Waals surface area contributed by atoms with Crippen LogP contribution in [-0.2, 0) is 26.2 Å². The number of esters is 1. The average Bonchev–Trinajstić information content (AvgIpc) is 3.03. The zero-order valence-electron chi connectivity index (χ0n) is 15.0. The third-order valence-electron chi connectivity index (χ3n) is 6.75. The summed E-state index contributed by atoms with van der Waals surface area (Å²) in [6, 6.07) is 7.69. The maximum Gasteiger partial charge on any atom is 0.320 e. The normalized spacial score (nSPS) is 31.8. The molecule has 134 valence electrons. The molecule has 1 amide bonds. The van der Waals surface area contributed by atoms with E-state index in [1.165, 1.54) is 7.11 Å². The van der Waals surface area contributed by atoms with Crippen molar-refractivity contribution in [1.29, 1.82) is 0 Å². The first kappa shape index (κ1) is 15.7. The molecule has 26 heavy (non-hydrogen) atoms. The highest BCUT2D eigenvalue weighted by Crippen LogP contribution is 2.55. The van der Waals surface area contributed by atoms with E-state index in [0.717, 1.165) is 28.6 Å². The van der Waals surface area contributed by atoms with Gasteiger partial charge in [-0.2, -0.15) is 0 Å². The Bertz CT molecular complexity index is 975. The number of benzene rings is 1. The lowest BCUT2D eigenvalue weighted by atomic mass is 9.57. The standard InChI is InChI=1S/C21H22N2O3/c1-3-20-9-8-16-21(11-20,19(25)26-2)18-14(10-17(24)23(16)12-20)13-6-4-5-7-15(13)22-18/h4-9,16,22H,3,10-12H2,1-2H3/t16-,20+,21-/m1/s1. The number of nitrogens with one attached hydrogen (secondary N) is 1. The van der Waals surface area contributed by atoms with Gasteiger partial charge in [-0.25, -0.2) is 0 Å². The number of hydrogen-bond acceptors (Lipinski definition) is 3. The summed E-state index contributed by atoms with van der Waals surface area (Å²) in [5, 5.41) is 1.03. The minimum absolute atomic E-state index is 0.0913. The van der Waals surface area contributed by atoms with Crippen LogP contribution in [0.5, 0.6) is 0 Å². The minimum Gasteiger partial charge on any atom is -0.468 e. The number of carbonyl (C=O) groups is 2. The molecule has 3 aliphatic heterocycles. The van der Waals surface area contributed by atoms with Crippen molar-refractivity contribution >= 4 is 22.8 Å². The topological polar surface area (TPSA) is 62.4 Å². The van der Waals surface area contributed by atoms with Gasteiger partial charge in [-0.05, 0) is 24.5 Å². The van der Waals surface area contributed by atoms with Crippen molar-refractivity contribution in [2.75, 3.05) is 13.7 Å². The van der Waals surface area contributed by atoms with Crippen LogP contribution in [0.1, 0.15) is 31.0 Å². The Hall–Kier alpha value is -2.56. The molecule has 0 saturated carbocycles. The van der Waals surface area contributed by atoms with Crippen LogP contribution in [0.25, 0.3) is 10.9 Å². The number of rotatable bonds is 2. The van der Waals surface area contributed by atoms with E-state index in [2.05, 4.69) is 24.1 Å². The average molecular weight is 350 g/mol. The molecule has 0 spiro atoms. The number of piperidine rings is 1. The highest BCUT2D eigenvalue weighted by molar-refractivity contribution is 5.97. The number of hydrogen-bond donors (Lipinski definition) is 1. The van der Waals surface area contributed by atoms with Gasteiger partial charge in [0.1, 0.15) is 5.41 Å². The quantitative estimate of drug-likeness (QED) is 0.669. The molecular weight excluding hydrogens is 328 g/mol. The van der Waals surface area contributed by atoms with Crippen molar-refractivity contribution in [1.82, 2.24) is 9.88 Å². The van der Waals surface area contributed by atoms with Gasteiger partial charge in [0.2, 0.25) is 5.91 Å². The molecule has 1 aromatic heterocycles. The van der Waals surface area contributed by atoms with Crippen LogP contribution in [0.15, 0.2) is 36.4 Å². The monoisotopic (exact) mass is 350 g/mol. The van der Waals surface area contributed by atoms with Crippen molar-refractivity contribution in [3.8, 4) is 0 Å². The lowest BCUT2D eigenvalue weighted by Gasteiger charge is -2.56. The fourth-order valence-electron chi connectivity index (χ4n) is 5.42. The summed E-state index contributed by atoms with van der Waals surface area (Å²) in [5.74, 6) is -0.162. The molecule has 1 saturated heterocycles. The number of amides is 1. The third-order valence-corrected chi connectivity index (χ3v) is 6.75. The molecule has 4 bridgehead atoms. The summed E-state index contributed by atoms with van der Waals surface area (Å²) >= 11 is 0. The van der Waals surface area contributed by atoms with Crippen LogP contribution in [0, 0.1) is 5.41 Å². The first-order chi connectivity index (χ1) is 12.5. The second kappa shape index (κ2) is 5.00. The van der Waals surface area contributed by atoms with Crippen LogP contribution in [0.2, 0.25) is 0 Å². The summed E-state index contributed by atoms with van der Waals surface area (Å²) < 4.78 is 5.32. The molecule has 3 atom stereocenters. The molecule has 0 unspecified atom stereocenters. The number of nitrogens with zero attached hydrogens (tertiary/aromatic N) is 1. The van der Waals surface area contributed by atoms with Crippen LogP contribution in [0.3, 0.4) is 0 Å². The van der Waals surface area contributed by atoms with Gasteiger partial charge in [-0.3, -0.25) is 9.59 Å². The maximum absolute atomic E-state index is 13.2. The van der Waals surface area contributed by atoms with Crippen LogP contribution < -0.4 is 0 Å². The predicted molar refractivity (Wildman–Crippen MR) is 97.7 cm³/mol. The number of para-hydroxylation sites is 1. The summed E-state index contributed by atoms with van der Waals surface area (Å²) in [6.07, 6.45) is 6.16. The summed E-state index contributed by atoms with van der Waals surface area (Å²) in [6.45, 7) is 2.81. The Morgan fingerprint density at radius 1 is 1.38 bits per heavy atom. The van der Waals surface area contributed by atoms with E-state index in [1.54, 1.807) is 0 Å². The lowest BCUT2D eigenvalue weighted by molar-refractivity contribution is -0.159. The van der Waals surface area contributed by atoms with Crippen LogP contribution in [0.4, 0.5) is 0 Å². The van der Waals surface area contributed by atoms with Crippen molar-refractivity contribution in [2.24, 2.45) is 5.41 Å². The number of aromatic nitrogens is 1. The summed E-state index contributed by atoms with van der Waals surface area (Å²) in [5.41, 5.74) is 1.74. The Labute approximate surface area is 152 Å². The largest absolute Gasteiger partial charge is 0.468 e. The van der Waals surface area contributed by atoms with E-state index >= 15 is 0 Å². The molecule has 4 aliphatic rings. The number of fused-ring (bicyclic) bond motifs is 3. The second-order valence-corrected chi connectivity index (χ2v) is 7.88. The fourth-order valence-corrected chi connectivity index (χ4v) is 5.42. The van der Waals surface area contributed by atoms with Gasteiger partial charge >= 0.3 is 5.97 Å². The number of methoxy groups -OCH3 is 1. The first-order valence-corrected chi connectivity index (χ1v) is 9.22. The number of ether oxygens (including phenoxy) is 1. The SMILES string of the molecule is CC[C@@]12C=C[C@H]3N(C1)C(=O)Cc1c([nH]c4ccccc14)[C@@]3(C(=O)OC)C2. The highest BCUT2D eigenvalue weighted by atomic mass is 16.5. The van der Waals surface area contributed by atoms with E-state index in [0.29, 0.717) is 19.4 Å².